The van der Waals surface area contributed by atoms with E-state index in [0.717, 1.165) is 0 Å². The van der Waals surface area contributed by atoms with E-state index in [-0.39, 0.29) is 45.1 Å². The highest BCUT2D eigenvalue weighted by atomic mass is 32.2. The number of rotatable bonds is 3. The molecule has 0 aliphatic carbocycles. The number of halogens is 6. The first-order chi connectivity index (χ1) is 8.66. The molecular weight excluding hydrogens is 358 g/mol. The lowest BCUT2D eigenvalue weighted by atomic mass is 10.2. The SMILES string of the molecule is C[S+](C)c1ccc(OC(=O)c2ccccc2)cc1.F.F.F.F.F.F. The van der Waals surface area contributed by atoms with Crippen molar-refractivity contribution in [2.45, 2.75) is 4.90 Å². The van der Waals surface area contributed by atoms with Gasteiger partial charge in [0.15, 0.2) is 4.90 Å². The average Bonchev–Trinajstić information content (AvgIpc) is 2.40. The van der Waals surface area contributed by atoms with Gasteiger partial charge < -0.3 is 4.74 Å². The first-order valence-corrected chi connectivity index (χ1v) is 7.66. The van der Waals surface area contributed by atoms with Crippen LogP contribution in [0.4, 0.5) is 28.2 Å². The predicted octanol–water partition coefficient (Wildman–Crippen LogP) is 4.06. The molecule has 0 saturated heterocycles. The number of hydrogen-bond donors (Lipinski definition) is 0. The fourth-order valence-electron chi connectivity index (χ4n) is 1.52. The lowest BCUT2D eigenvalue weighted by molar-refractivity contribution is 0.0734. The van der Waals surface area contributed by atoms with E-state index in [0.29, 0.717) is 11.3 Å². The number of hydrogen-bond acceptors (Lipinski definition) is 2. The molecule has 0 bridgehead atoms. The minimum Gasteiger partial charge on any atom is -0.423 e. The largest absolute Gasteiger partial charge is 0.423 e. The maximum Gasteiger partial charge on any atom is 0.343 e. The van der Waals surface area contributed by atoms with E-state index in [1.165, 1.54) is 4.90 Å². The third-order valence-electron chi connectivity index (χ3n) is 2.52. The van der Waals surface area contributed by atoms with Gasteiger partial charge in [0.25, 0.3) is 0 Å². The smallest absolute Gasteiger partial charge is 0.343 e. The van der Waals surface area contributed by atoms with Crippen LogP contribution in [0, 0.1) is 0 Å². The second kappa shape index (κ2) is 15.7. The zero-order chi connectivity index (χ0) is 13.0. The van der Waals surface area contributed by atoms with Gasteiger partial charge in [-0.2, -0.15) is 0 Å². The summed E-state index contributed by atoms with van der Waals surface area (Å²) in [5.74, 6) is 0.258. The molecule has 0 spiro atoms. The number of esters is 1. The molecule has 140 valence electrons. The van der Waals surface area contributed by atoms with Gasteiger partial charge in [0.2, 0.25) is 0 Å². The molecule has 2 aromatic rings. The van der Waals surface area contributed by atoms with Gasteiger partial charge in [-0.05, 0) is 36.4 Å². The lowest BCUT2D eigenvalue weighted by Gasteiger charge is -2.04. The average molecular weight is 379 g/mol. The molecule has 9 heteroatoms. The summed E-state index contributed by atoms with van der Waals surface area (Å²) in [4.78, 5) is 13.1. The van der Waals surface area contributed by atoms with Crippen LogP contribution in [0.25, 0.3) is 0 Å². The molecule has 0 amide bonds. The summed E-state index contributed by atoms with van der Waals surface area (Å²) in [6.07, 6.45) is 4.32. The summed E-state index contributed by atoms with van der Waals surface area (Å²) in [6, 6.07) is 16.7. The summed E-state index contributed by atoms with van der Waals surface area (Å²) < 4.78 is 5.30. The maximum atomic E-state index is 11.8. The maximum absolute atomic E-state index is 11.8. The Morgan fingerprint density at radius 2 is 1.21 bits per heavy atom. The molecule has 0 aliphatic heterocycles. The third-order valence-corrected chi connectivity index (χ3v) is 3.73. The fraction of sp³-hybridized carbons (Fsp3) is 0.133. The van der Waals surface area contributed by atoms with Crippen LogP contribution in [0.1, 0.15) is 10.4 Å². The molecule has 0 heterocycles. The predicted molar refractivity (Wildman–Crippen MR) is 90.3 cm³/mol. The Balaban J connectivity index is -0.000000201. The molecule has 0 N–H and O–H groups in total. The van der Waals surface area contributed by atoms with Crippen molar-refractivity contribution in [1.29, 1.82) is 0 Å². The molecule has 0 radical (unpaired) electrons. The summed E-state index contributed by atoms with van der Waals surface area (Å²) in [5, 5.41) is 0. The molecular formula is C15H21F6O2S+. The van der Waals surface area contributed by atoms with Crippen LogP contribution in [0.2, 0.25) is 0 Å². The second-order valence-electron chi connectivity index (χ2n) is 4.04. The number of benzene rings is 2. The van der Waals surface area contributed by atoms with Gasteiger partial charge in [0.1, 0.15) is 18.3 Å². The van der Waals surface area contributed by atoms with Crippen LogP contribution in [0.15, 0.2) is 59.5 Å². The number of carbonyl (C=O) groups excluding carboxylic acids is 1. The summed E-state index contributed by atoms with van der Waals surface area (Å²) in [6.45, 7) is 0. The molecule has 24 heavy (non-hydrogen) atoms. The Labute approximate surface area is 138 Å². The molecule has 0 atom stereocenters. The Kier molecular flexibility index (Phi) is 21.9. The lowest BCUT2D eigenvalue weighted by Crippen LogP contribution is -2.08. The minimum atomic E-state index is -0.324. The summed E-state index contributed by atoms with van der Waals surface area (Å²) >= 11 is 0. The minimum absolute atomic E-state index is 0. The molecule has 0 saturated carbocycles. The molecule has 0 unspecified atom stereocenters. The van der Waals surface area contributed by atoms with Crippen LogP contribution in [0.5, 0.6) is 5.75 Å². The summed E-state index contributed by atoms with van der Waals surface area (Å²) in [7, 11) is 0.224. The zero-order valence-corrected chi connectivity index (χ0v) is 13.7. The van der Waals surface area contributed by atoms with Crippen LogP contribution < -0.4 is 4.74 Å². The van der Waals surface area contributed by atoms with Gasteiger partial charge in [-0.25, -0.2) is 4.79 Å². The monoisotopic (exact) mass is 379 g/mol. The second-order valence-corrected chi connectivity index (χ2v) is 6.15. The van der Waals surface area contributed by atoms with Gasteiger partial charge in [0, 0.05) is 10.9 Å². The molecule has 2 aromatic carbocycles. The van der Waals surface area contributed by atoms with Crippen LogP contribution in [0.3, 0.4) is 0 Å². The van der Waals surface area contributed by atoms with Crippen molar-refractivity contribution in [2.75, 3.05) is 12.5 Å². The van der Waals surface area contributed by atoms with Crippen molar-refractivity contribution >= 4 is 16.9 Å². The highest BCUT2D eigenvalue weighted by molar-refractivity contribution is 7.95. The Hall–Kier alpha value is -2.16. The van der Waals surface area contributed by atoms with E-state index in [1.54, 1.807) is 12.1 Å². The Morgan fingerprint density at radius 3 is 1.62 bits per heavy atom. The van der Waals surface area contributed by atoms with Crippen LogP contribution in [-0.2, 0) is 10.9 Å². The normalized spacial score (nSPS) is 7.79. The van der Waals surface area contributed by atoms with Gasteiger partial charge in [-0.3, -0.25) is 28.2 Å². The van der Waals surface area contributed by atoms with Crippen LogP contribution >= 0.6 is 0 Å². The van der Waals surface area contributed by atoms with E-state index in [9.17, 15) is 4.79 Å². The van der Waals surface area contributed by atoms with Crippen molar-refractivity contribution in [1.82, 2.24) is 0 Å². The standard InChI is InChI=1S/C15H15O2S.6FH/c1-18(2)14-10-8-13(9-11-14)17-15(16)12-6-4-3-5-7-12;;;;;;/h3-11H,1-2H3;6*1H/q+1;;;;;;. The van der Waals surface area contributed by atoms with E-state index in [2.05, 4.69) is 12.5 Å². The molecule has 2 nitrogen and oxygen atoms in total. The van der Waals surface area contributed by atoms with Crippen molar-refractivity contribution in [3.63, 3.8) is 0 Å². The van der Waals surface area contributed by atoms with Crippen molar-refractivity contribution < 1.29 is 37.8 Å². The first-order valence-electron chi connectivity index (χ1n) is 5.62. The quantitative estimate of drug-likeness (QED) is 0.348. The molecule has 0 aromatic heterocycles. The van der Waals surface area contributed by atoms with E-state index >= 15 is 0 Å². The highest BCUT2D eigenvalue weighted by Crippen LogP contribution is 2.17. The summed E-state index contributed by atoms with van der Waals surface area (Å²) in [5.41, 5.74) is 0.562. The topological polar surface area (TPSA) is 26.3 Å². The molecule has 2 rings (SSSR count). The molecule has 0 fully saturated rings. The Bertz CT molecular complexity index is 537. The Morgan fingerprint density at radius 1 is 0.750 bits per heavy atom. The van der Waals surface area contributed by atoms with Crippen LogP contribution in [-0.4, -0.2) is 18.5 Å². The van der Waals surface area contributed by atoms with E-state index in [4.69, 9.17) is 4.74 Å². The number of carbonyl (C=O) groups is 1. The van der Waals surface area contributed by atoms with E-state index in [1.807, 2.05) is 42.5 Å². The zero-order valence-electron chi connectivity index (χ0n) is 12.9. The molecule has 0 aliphatic rings. The highest BCUT2D eigenvalue weighted by Gasteiger charge is 2.10. The van der Waals surface area contributed by atoms with Gasteiger partial charge in [-0.15, -0.1) is 0 Å². The third kappa shape index (κ3) is 9.09. The van der Waals surface area contributed by atoms with Gasteiger partial charge in [-0.1, -0.05) is 18.2 Å². The van der Waals surface area contributed by atoms with Crippen molar-refractivity contribution in [2.24, 2.45) is 0 Å². The first kappa shape index (κ1) is 33.4. The van der Waals surface area contributed by atoms with Crippen molar-refractivity contribution in [3.8, 4) is 5.75 Å². The van der Waals surface area contributed by atoms with Gasteiger partial charge in [0.05, 0.1) is 5.56 Å². The fourth-order valence-corrected chi connectivity index (χ4v) is 2.20. The van der Waals surface area contributed by atoms with Crippen molar-refractivity contribution in [3.05, 3.63) is 60.2 Å². The van der Waals surface area contributed by atoms with Gasteiger partial charge >= 0.3 is 5.97 Å². The van der Waals surface area contributed by atoms with E-state index < -0.39 is 0 Å². The number of ether oxygens (including phenoxy) is 1.